The SMILES string of the molecule is CCOc1cccc(C(=O)N(Cc2ccc(Cl)cc2)[C@@H]2CCS(=O)(=O)C2)c1. The predicted octanol–water partition coefficient (Wildman–Crippen LogP) is 3.57. The first kappa shape index (κ1) is 19.7. The molecule has 5 nitrogen and oxygen atoms in total. The van der Waals surface area contributed by atoms with Crippen molar-refractivity contribution in [2.45, 2.75) is 25.9 Å². The van der Waals surface area contributed by atoms with Crippen LogP contribution in [0.25, 0.3) is 0 Å². The van der Waals surface area contributed by atoms with Crippen LogP contribution in [0.4, 0.5) is 0 Å². The molecule has 144 valence electrons. The zero-order chi connectivity index (χ0) is 19.4. The number of ether oxygens (including phenoxy) is 1. The number of halogens is 1. The maximum atomic E-state index is 13.2. The Hall–Kier alpha value is -2.05. The molecule has 1 atom stereocenters. The average molecular weight is 408 g/mol. The average Bonchev–Trinajstić information content (AvgIpc) is 3.01. The van der Waals surface area contributed by atoms with Crippen LogP contribution < -0.4 is 4.74 Å². The number of benzene rings is 2. The summed E-state index contributed by atoms with van der Waals surface area (Å²) in [6, 6.07) is 13.9. The molecule has 1 heterocycles. The molecule has 27 heavy (non-hydrogen) atoms. The molecule has 0 radical (unpaired) electrons. The predicted molar refractivity (Wildman–Crippen MR) is 106 cm³/mol. The fraction of sp³-hybridized carbons (Fsp3) is 0.350. The van der Waals surface area contributed by atoms with Crippen molar-refractivity contribution >= 4 is 27.3 Å². The van der Waals surface area contributed by atoms with Crippen molar-refractivity contribution < 1.29 is 17.9 Å². The van der Waals surface area contributed by atoms with Crippen LogP contribution in [-0.2, 0) is 16.4 Å². The van der Waals surface area contributed by atoms with E-state index in [0.29, 0.717) is 35.9 Å². The summed E-state index contributed by atoms with van der Waals surface area (Å²) in [5, 5.41) is 0.615. The third-order valence-corrected chi connectivity index (χ3v) is 6.57. The lowest BCUT2D eigenvalue weighted by Gasteiger charge is -2.28. The van der Waals surface area contributed by atoms with Gasteiger partial charge >= 0.3 is 0 Å². The van der Waals surface area contributed by atoms with Gasteiger partial charge in [-0.25, -0.2) is 8.42 Å². The van der Waals surface area contributed by atoms with Gasteiger partial charge in [-0.15, -0.1) is 0 Å². The molecule has 3 rings (SSSR count). The minimum absolute atomic E-state index is 0.00250. The number of carbonyl (C=O) groups is 1. The standard InChI is InChI=1S/C20H22ClNO4S/c1-2-26-19-5-3-4-16(12-19)20(23)22(18-10-11-27(24,25)14-18)13-15-6-8-17(21)9-7-15/h3-9,12,18H,2,10-11,13-14H2,1H3/t18-/m1/s1. The van der Waals surface area contributed by atoms with Gasteiger partial charge in [0.25, 0.3) is 5.91 Å². The van der Waals surface area contributed by atoms with Crippen LogP contribution in [0.1, 0.15) is 29.3 Å². The second-order valence-corrected chi connectivity index (χ2v) is 9.24. The van der Waals surface area contributed by atoms with Gasteiger partial charge in [-0.05, 0) is 49.2 Å². The van der Waals surface area contributed by atoms with Crippen LogP contribution in [0.2, 0.25) is 5.02 Å². The second kappa shape index (κ2) is 8.31. The Balaban J connectivity index is 1.89. The van der Waals surface area contributed by atoms with E-state index in [-0.39, 0.29) is 23.5 Å². The largest absolute Gasteiger partial charge is 0.494 e. The van der Waals surface area contributed by atoms with Crippen molar-refractivity contribution in [3.8, 4) is 5.75 Å². The molecule has 0 bridgehead atoms. The van der Waals surface area contributed by atoms with Crippen LogP contribution in [0.15, 0.2) is 48.5 Å². The Labute approximate surface area is 164 Å². The van der Waals surface area contributed by atoms with E-state index < -0.39 is 9.84 Å². The van der Waals surface area contributed by atoms with Crippen molar-refractivity contribution in [1.82, 2.24) is 4.90 Å². The Kier molecular flexibility index (Phi) is 6.07. The van der Waals surface area contributed by atoms with E-state index in [4.69, 9.17) is 16.3 Å². The van der Waals surface area contributed by atoms with Crippen LogP contribution in [-0.4, -0.2) is 43.4 Å². The molecule has 2 aromatic carbocycles. The van der Waals surface area contributed by atoms with Crippen molar-refractivity contribution in [3.63, 3.8) is 0 Å². The molecule has 0 spiro atoms. The lowest BCUT2D eigenvalue weighted by molar-refractivity contribution is 0.0680. The third kappa shape index (κ3) is 5.02. The van der Waals surface area contributed by atoms with Gasteiger partial charge in [0.05, 0.1) is 18.1 Å². The molecule has 1 fully saturated rings. The quantitative estimate of drug-likeness (QED) is 0.734. The van der Waals surface area contributed by atoms with Gasteiger partial charge < -0.3 is 9.64 Å². The highest BCUT2D eigenvalue weighted by Gasteiger charge is 2.35. The molecular formula is C20H22ClNO4S. The first-order valence-electron chi connectivity index (χ1n) is 8.86. The van der Waals surface area contributed by atoms with Crippen LogP contribution in [0.3, 0.4) is 0 Å². The summed E-state index contributed by atoms with van der Waals surface area (Å²) in [4.78, 5) is 14.9. The molecule has 0 saturated carbocycles. The molecule has 1 saturated heterocycles. The van der Waals surface area contributed by atoms with Gasteiger partial charge in [-0.1, -0.05) is 29.8 Å². The normalized spacial score (nSPS) is 18.2. The molecule has 1 aliphatic heterocycles. The first-order valence-corrected chi connectivity index (χ1v) is 11.1. The molecule has 0 aliphatic carbocycles. The maximum absolute atomic E-state index is 13.2. The fourth-order valence-corrected chi connectivity index (χ4v) is 5.08. The number of carbonyl (C=O) groups excluding carboxylic acids is 1. The highest BCUT2D eigenvalue weighted by atomic mass is 35.5. The van der Waals surface area contributed by atoms with E-state index in [1.165, 1.54) is 0 Å². The molecule has 0 unspecified atom stereocenters. The fourth-order valence-electron chi connectivity index (χ4n) is 3.23. The van der Waals surface area contributed by atoms with E-state index in [2.05, 4.69) is 0 Å². The maximum Gasteiger partial charge on any atom is 0.254 e. The Morgan fingerprint density at radius 1 is 1.22 bits per heavy atom. The van der Waals surface area contributed by atoms with Crippen LogP contribution >= 0.6 is 11.6 Å². The topological polar surface area (TPSA) is 63.7 Å². The third-order valence-electron chi connectivity index (χ3n) is 4.57. The molecule has 1 aliphatic rings. The number of hydrogen-bond acceptors (Lipinski definition) is 4. The zero-order valence-electron chi connectivity index (χ0n) is 15.1. The van der Waals surface area contributed by atoms with Gasteiger partial charge in [0, 0.05) is 23.2 Å². The smallest absolute Gasteiger partial charge is 0.254 e. The van der Waals surface area contributed by atoms with E-state index in [1.807, 2.05) is 19.1 Å². The minimum atomic E-state index is -3.11. The highest BCUT2D eigenvalue weighted by Crippen LogP contribution is 2.24. The monoisotopic (exact) mass is 407 g/mol. The first-order chi connectivity index (χ1) is 12.9. The number of sulfone groups is 1. The number of hydrogen-bond donors (Lipinski definition) is 0. The second-order valence-electron chi connectivity index (χ2n) is 6.58. The number of amides is 1. The lowest BCUT2D eigenvalue weighted by Crippen LogP contribution is -2.40. The van der Waals surface area contributed by atoms with E-state index in [1.54, 1.807) is 41.3 Å². The van der Waals surface area contributed by atoms with Crippen molar-refractivity contribution in [2.75, 3.05) is 18.1 Å². The summed E-state index contributed by atoms with van der Waals surface area (Å²) in [5.74, 6) is 0.529. The van der Waals surface area contributed by atoms with E-state index in [9.17, 15) is 13.2 Å². The number of rotatable bonds is 6. The summed E-state index contributed by atoms with van der Waals surface area (Å²) < 4.78 is 29.4. The van der Waals surface area contributed by atoms with Gasteiger partial charge in [0.1, 0.15) is 5.75 Å². The molecule has 0 N–H and O–H groups in total. The molecule has 7 heteroatoms. The summed E-state index contributed by atoms with van der Waals surface area (Å²) >= 11 is 5.94. The van der Waals surface area contributed by atoms with Crippen LogP contribution in [0.5, 0.6) is 5.75 Å². The summed E-state index contributed by atoms with van der Waals surface area (Å²) in [5.41, 5.74) is 1.39. The van der Waals surface area contributed by atoms with Gasteiger partial charge in [-0.3, -0.25) is 4.79 Å². The minimum Gasteiger partial charge on any atom is -0.494 e. The van der Waals surface area contributed by atoms with Gasteiger partial charge in [-0.2, -0.15) is 0 Å². The van der Waals surface area contributed by atoms with E-state index in [0.717, 1.165) is 5.56 Å². The van der Waals surface area contributed by atoms with Crippen molar-refractivity contribution in [1.29, 1.82) is 0 Å². The molecule has 0 aromatic heterocycles. The van der Waals surface area contributed by atoms with Crippen molar-refractivity contribution in [2.24, 2.45) is 0 Å². The molecule has 2 aromatic rings. The van der Waals surface area contributed by atoms with Gasteiger partial charge in [0.15, 0.2) is 9.84 Å². The van der Waals surface area contributed by atoms with Gasteiger partial charge in [0.2, 0.25) is 0 Å². The molecular weight excluding hydrogens is 386 g/mol. The summed E-state index contributed by atoms with van der Waals surface area (Å²) in [7, 11) is -3.11. The lowest BCUT2D eigenvalue weighted by atomic mass is 10.1. The summed E-state index contributed by atoms with van der Waals surface area (Å²) in [6.45, 7) is 2.72. The van der Waals surface area contributed by atoms with Crippen LogP contribution in [0, 0.1) is 0 Å². The Bertz CT molecular complexity index is 912. The highest BCUT2D eigenvalue weighted by molar-refractivity contribution is 7.91. The number of nitrogens with zero attached hydrogens (tertiary/aromatic N) is 1. The Morgan fingerprint density at radius 3 is 2.59 bits per heavy atom. The Morgan fingerprint density at radius 2 is 1.96 bits per heavy atom. The molecule has 1 amide bonds. The summed E-state index contributed by atoms with van der Waals surface area (Å²) in [6.07, 6.45) is 0.451. The zero-order valence-corrected chi connectivity index (χ0v) is 16.7. The van der Waals surface area contributed by atoms with Crippen molar-refractivity contribution in [3.05, 3.63) is 64.7 Å². The van der Waals surface area contributed by atoms with E-state index >= 15 is 0 Å².